The molecular weight excluding hydrogens is 382 g/mol. The van der Waals surface area contributed by atoms with Crippen LogP contribution in [0.1, 0.15) is 22.3 Å². The summed E-state index contributed by atoms with van der Waals surface area (Å²) in [6, 6.07) is 12.2. The van der Waals surface area contributed by atoms with E-state index in [1.807, 2.05) is 6.07 Å². The van der Waals surface area contributed by atoms with Gasteiger partial charge in [0.25, 0.3) is 5.91 Å². The number of amides is 1. The number of nitrogens with zero attached hydrogens (tertiary/aromatic N) is 1. The second-order valence-electron chi connectivity index (χ2n) is 6.19. The number of hydrogen-bond donors (Lipinski definition) is 2. The molecule has 0 bridgehead atoms. The number of rotatable bonds is 6. The van der Waals surface area contributed by atoms with Gasteiger partial charge in [0, 0.05) is 18.3 Å². The normalized spacial score (nSPS) is 16.4. The third-order valence-corrected chi connectivity index (χ3v) is 5.75. The fourth-order valence-electron chi connectivity index (χ4n) is 2.81. The number of benzene rings is 2. The van der Waals surface area contributed by atoms with Crippen molar-refractivity contribution >= 4 is 21.6 Å². The lowest BCUT2D eigenvalue weighted by atomic mass is 10.1. The molecule has 2 aromatic rings. The molecule has 1 fully saturated rings. The van der Waals surface area contributed by atoms with Crippen LogP contribution in [0.4, 0.5) is 5.69 Å². The van der Waals surface area contributed by atoms with Gasteiger partial charge in [-0.05, 0) is 42.8 Å². The zero-order valence-electron chi connectivity index (χ0n) is 15.1. The van der Waals surface area contributed by atoms with Crippen molar-refractivity contribution in [1.82, 2.24) is 4.72 Å². The topological polar surface area (TPSA) is 118 Å². The van der Waals surface area contributed by atoms with Crippen LogP contribution < -0.4 is 14.8 Å². The first-order valence-corrected chi connectivity index (χ1v) is 10.0. The van der Waals surface area contributed by atoms with Gasteiger partial charge in [0.05, 0.1) is 35.8 Å². The van der Waals surface area contributed by atoms with Crippen LogP contribution in [-0.4, -0.2) is 40.7 Å². The maximum atomic E-state index is 12.7. The van der Waals surface area contributed by atoms with Crippen LogP contribution in [0.3, 0.4) is 0 Å². The van der Waals surface area contributed by atoms with Crippen LogP contribution in [0.5, 0.6) is 5.75 Å². The summed E-state index contributed by atoms with van der Waals surface area (Å²) >= 11 is 0. The summed E-state index contributed by atoms with van der Waals surface area (Å²) in [6.45, 7) is 0.823. The average molecular weight is 401 g/mol. The lowest BCUT2D eigenvalue weighted by Crippen LogP contribution is -2.35. The third kappa shape index (κ3) is 4.48. The minimum absolute atomic E-state index is 0.0453. The molecule has 1 atom stereocenters. The fraction of sp³-hybridized carbons (Fsp3) is 0.263. The van der Waals surface area contributed by atoms with Gasteiger partial charge in [-0.1, -0.05) is 6.07 Å². The molecule has 8 nitrogen and oxygen atoms in total. The van der Waals surface area contributed by atoms with E-state index in [1.165, 1.54) is 31.4 Å². The monoisotopic (exact) mass is 401 g/mol. The van der Waals surface area contributed by atoms with E-state index in [1.54, 1.807) is 18.2 Å². The number of nitriles is 1. The van der Waals surface area contributed by atoms with Crippen molar-refractivity contribution in [3.63, 3.8) is 0 Å². The molecule has 0 saturated carbocycles. The van der Waals surface area contributed by atoms with E-state index < -0.39 is 15.9 Å². The van der Waals surface area contributed by atoms with Gasteiger partial charge in [-0.2, -0.15) is 5.26 Å². The van der Waals surface area contributed by atoms with Crippen molar-refractivity contribution in [3.05, 3.63) is 53.6 Å². The van der Waals surface area contributed by atoms with Crippen molar-refractivity contribution in [2.75, 3.05) is 25.6 Å². The Morgan fingerprint density at radius 1 is 1.29 bits per heavy atom. The number of sulfonamides is 1. The van der Waals surface area contributed by atoms with E-state index in [-0.39, 0.29) is 22.3 Å². The van der Waals surface area contributed by atoms with Crippen molar-refractivity contribution < 1.29 is 22.7 Å². The predicted molar refractivity (Wildman–Crippen MR) is 102 cm³/mol. The van der Waals surface area contributed by atoms with E-state index >= 15 is 0 Å². The predicted octanol–water partition coefficient (Wildman–Crippen LogP) is 1.89. The summed E-state index contributed by atoms with van der Waals surface area (Å²) in [7, 11) is -2.42. The summed E-state index contributed by atoms with van der Waals surface area (Å²) < 4.78 is 38.2. The van der Waals surface area contributed by atoms with E-state index in [0.29, 0.717) is 30.9 Å². The minimum atomic E-state index is -3.82. The highest BCUT2D eigenvalue weighted by atomic mass is 32.2. The second kappa shape index (κ2) is 8.39. The molecule has 28 heavy (non-hydrogen) atoms. The lowest BCUT2D eigenvalue weighted by molar-refractivity contribution is 0.102. The van der Waals surface area contributed by atoms with Crippen LogP contribution in [0.25, 0.3) is 0 Å². The first-order chi connectivity index (χ1) is 13.4. The van der Waals surface area contributed by atoms with Gasteiger partial charge in [-0.15, -0.1) is 0 Å². The van der Waals surface area contributed by atoms with Crippen LogP contribution >= 0.6 is 0 Å². The quantitative estimate of drug-likeness (QED) is 0.763. The molecule has 0 aromatic heterocycles. The molecule has 2 aromatic carbocycles. The summed E-state index contributed by atoms with van der Waals surface area (Å²) in [5.74, 6) is -0.315. The zero-order valence-corrected chi connectivity index (χ0v) is 16.0. The Morgan fingerprint density at radius 2 is 2.11 bits per heavy atom. The molecule has 1 amide bonds. The molecule has 146 valence electrons. The van der Waals surface area contributed by atoms with Gasteiger partial charge in [0.15, 0.2) is 0 Å². The molecule has 9 heteroatoms. The summed E-state index contributed by atoms with van der Waals surface area (Å²) in [4.78, 5) is 12.7. The van der Waals surface area contributed by atoms with E-state index in [9.17, 15) is 13.2 Å². The van der Waals surface area contributed by atoms with Crippen molar-refractivity contribution in [3.8, 4) is 11.8 Å². The molecule has 1 aliphatic heterocycles. The van der Waals surface area contributed by atoms with Gasteiger partial charge in [0.1, 0.15) is 5.75 Å². The van der Waals surface area contributed by atoms with Crippen LogP contribution in [-0.2, 0) is 14.8 Å². The number of methoxy groups -OCH3 is 1. The van der Waals surface area contributed by atoms with Crippen molar-refractivity contribution in [2.45, 2.75) is 17.4 Å². The minimum Gasteiger partial charge on any atom is -0.496 e. The Kier molecular flexibility index (Phi) is 5.94. The smallest absolute Gasteiger partial charge is 0.259 e. The van der Waals surface area contributed by atoms with Gasteiger partial charge in [-0.25, -0.2) is 13.1 Å². The van der Waals surface area contributed by atoms with Gasteiger partial charge in [0.2, 0.25) is 10.0 Å². The number of anilines is 1. The summed E-state index contributed by atoms with van der Waals surface area (Å²) in [5.41, 5.74) is 0.875. The van der Waals surface area contributed by atoms with Gasteiger partial charge in [-0.3, -0.25) is 4.79 Å². The Morgan fingerprint density at radius 3 is 2.79 bits per heavy atom. The van der Waals surface area contributed by atoms with Crippen molar-refractivity contribution in [2.24, 2.45) is 0 Å². The first kappa shape index (κ1) is 19.8. The Balaban J connectivity index is 1.88. The molecule has 0 radical (unpaired) electrons. The molecule has 0 spiro atoms. The number of ether oxygens (including phenoxy) is 2. The van der Waals surface area contributed by atoms with Crippen LogP contribution in [0.2, 0.25) is 0 Å². The van der Waals surface area contributed by atoms with Crippen LogP contribution in [0, 0.1) is 11.3 Å². The molecule has 0 aliphatic carbocycles. The molecule has 0 unspecified atom stereocenters. The highest BCUT2D eigenvalue weighted by Crippen LogP contribution is 2.24. The number of nitrogens with one attached hydrogen (secondary N) is 2. The fourth-order valence-corrected chi connectivity index (χ4v) is 4.09. The SMILES string of the molecule is COc1ccc(S(=O)(=O)N[C@H]2CCOC2)cc1C(=O)Nc1cccc(C#N)c1. The molecule has 1 saturated heterocycles. The van der Waals surface area contributed by atoms with E-state index in [4.69, 9.17) is 14.7 Å². The van der Waals surface area contributed by atoms with Crippen LogP contribution in [0.15, 0.2) is 47.4 Å². The highest BCUT2D eigenvalue weighted by Gasteiger charge is 2.25. The van der Waals surface area contributed by atoms with Gasteiger partial charge < -0.3 is 14.8 Å². The zero-order chi connectivity index (χ0) is 20.1. The van der Waals surface area contributed by atoms with Gasteiger partial charge >= 0.3 is 0 Å². The Bertz CT molecular complexity index is 1020. The second-order valence-corrected chi connectivity index (χ2v) is 7.90. The molecule has 2 N–H and O–H groups in total. The van der Waals surface area contributed by atoms with Crippen molar-refractivity contribution in [1.29, 1.82) is 5.26 Å². The maximum Gasteiger partial charge on any atom is 0.259 e. The molecule has 1 aliphatic rings. The number of hydrogen-bond acceptors (Lipinski definition) is 6. The maximum absolute atomic E-state index is 12.7. The first-order valence-electron chi connectivity index (χ1n) is 8.52. The Hall–Kier alpha value is -2.93. The lowest BCUT2D eigenvalue weighted by Gasteiger charge is -2.14. The number of carbonyl (C=O) groups excluding carboxylic acids is 1. The third-order valence-electron chi connectivity index (χ3n) is 4.23. The molecule has 1 heterocycles. The standard InChI is InChI=1S/C19H19N3O5S/c1-26-18-6-5-16(28(24,25)22-15-7-8-27-12-15)10-17(18)19(23)21-14-4-2-3-13(9-14)11-20/h2-6,9-10,15,22H,7-8,12H2,1H3,(H,21,23)/t15-/m0/s1. The largest absolute Gasteiger partial charge is 0.496 e. The highest BCUT2D eigenvalue weighted by molar-refractivity contribution is 7.89. The molecular formula is C19H19N3O5S. The van der Waals surface area contributed by atoms with E-state index in [2.05, 4.69) is 10.0 Å². The average Bonchev–Trinajstić information content (AvgIpc) is 3.19. The molecule has 3 rings (SSSR count). The van der Waals surface area contributed by atoms with E-state index in [0.717, 1.165) is 0 Å². The summed E-state index contributed by atoms with van der Waals surface area (Å²) in [5, 5.41) is 11.6. The number of carbonyl (C=O) groups is 1. The Labute approximate surface area is 163 Å². The summed E-state index contributed by atoms with van der Waals surface area (Å²) in [6.07, 6.45) is 0.595.